The van der Waals surface area contributed by atoms with Gasteiger partial charge in [0, 0.05) is 36.1 Å². The van der Waals surface area contributed by atoms with Gasteiger partial charge >= 0.3 is 0 Å². The molecule has 1 N–H and O–H groups in total. The minimum absolute atomic E-state index is 0.0551. The molecular weight excluding hydrogens is 348 g/mol. The van der Waals surface area contributed by atoms with E-state index >= 15 is 0 Å². The highest BCUT2D eigenvalue weighted by molar-refractivity contribution is 6.37. The SMILES string of the molecule is CN(C)C(=O)c1cnc(Nc2cccc(F)c2F)c2cccc(Cl)c12. The van der Waals surface area contributed by atoms with Crippen molar-refractivity contribution in [3.8, 4) is 0 Å². The van der Waals surface area contributed by atoms with Crippen LogP contribution in [0.5, 0.6) is 0 Å². The summed E-state index contributed by atoms with van der Waals surface area (Å²) in [5.41, 5.74) is 0.274. The van der Waals surface area contributed by atoms with Crippen LogP contribution in [0.4, 0.5) is 20.3 Å². The number of halogens is 3. The fourth-order valence-corrected chi connectivity index (χ4v) is 2.77. The van der Waals surface area contributed by atoms with E-state index in [2.05, 4.69) is 10.3 Å². The largest absolute Gasteiger partial charge is 0.345 e. The Hall–Kier alpha value is -2.73. The molecule has 0 saturated heterocycles. The first-order valence-corrected chi connectivity index (χ1v) is 7.78. The lowest BCUT2D eigenvalue weighted by atomic mass is 10.1. The molecule has 0 bridgehead atoms. The molecule has 0 radical (unpaired) electrons. The van der Waals surface area contributed by atoms with Crippen molar-refractivity contribution in [3.63, 3.8) is 0 Å². The van der Waals surface area contributed by atoms with Gasteiger partial charge in [-0.25, -0.2) is 13.8 Å². The van der Waals surface area contributed by atoms with E-state index in [4.69, 9.17) is 11.6 Å². The lowest BCUT2D eigenvalue weighted by molar-refractivity contribution is 0.0829. The Bertz CT molecular complexity index is 976. The molecule has 25 heavy (non-hydrogen) atoms. The number of aromatic nitrogens is 1. The van der Waals surface area contributed by atoms with Crippen molar-refractivity contribution in [2.75, 3.05) is 19.4 Å². The Labute approximate surface area is 148 Å². The third kappa shape index (κ3) is 3.13. The number of carbonyl (C=O) groups is 1. The van der Waals surface area contributed by atoms with E-state index in [1.54, 1.807) is 32.3 Å². The molecule has 2 aromatic carbocycles. The number of nitrogens with zero attached hydrogens (tertiary/aromatic N) is 2. The van der Waals surface area contributed by atoms with Crippen molar-refractivity contribution in [3.05, 3.63) is 64.8 Å². The van der Waals surface area contributed by atoms with E-state index in [9.17, 15) is 13.6 Å². The number of hydrogen-bond acceptors (Lipinski definition) is 3. The highest BCUT2D eigenvalue weighted by atomic mass is 35.5. The van der Waals surface area contributed by atoms with Gasteiger partial charge in [0.25, 0.3) is 5.91 Å². The van der Waals surface area contributed by atoms with Crippen LogP contribution in [-0.2, 0) is 0 Å². The third-order valence-electron chi connectivity index (χ3n) is 3.70. The fourth-order valence-electron chi connectivity index (χ4n) is 2.49. The maximum absolute atomic E-state index is 13.9. The van der Waals surface area contributed by atoms with Crippen molar-refractivity contribution >= 4 is 39.8 Å². The molecule has 1 heterocycles. The third-order valence-corrected chi connectivity index (χ3v) is 4.02. The second kappa shape index (κ2) is 6.64. The van der Waals surface area contributed by atoms with Gasteiger partial charge in [-0.05, 0) is 18.2 Å². The van der Waals surface area contributed by atoms with E-state index < -0.39 is 11.6 Å². The number of fused-ring (bicyclic) bond motifs is 1. The van der Waals surface area contributed by atoms with Crippen molar-refractivity contribution in [1.29, 1.82) is 0 Å². The van der Waals surface area contributed by atoms with E-state index in [0.29, 0.717) is 21.4 Å². The van der Waals surface area contributed by atoms with Crippen molar-refractivity contribution in [2.45, 2.75) is 0 Å². The Morgan fingerprint density at radius 3 is 2.60 bits per heavy atom. The quantitative estimate of drug-likeness (QED) is 0.740. The Balaban J connectivity index is 2.18. The molecule has 0 aliphatic heterocycles. The van der Waals surface area contributed by atoms with Gasteiger partial charge in [0.2, 0.25) is 0 Å². The highest BCUT2D eigenvalue weighted by Crippen LogP contribution is 2.33. The molecule has 3 rings (SSSR count). The molecule has 0 aliphatic rings. The topological polar surface area (TPSA) is 45.2 Å². The second-order valence-electron chi connectivity index (χ2n) is 5.61. The molecule has 0 aliphatic carbocycles. The number of carbonyl (C=O) groups excluding carboxylic acids is 1. The van der Waals surface area contributed by atoms with Crippen LogP contribution in [-0.4, -0.2) is 29.9 Å². The standard InChI is InChI=1S/C18H14ClF2N3O/c1-24(2)18(25)11-9-22-17(10-5-3-6-12(19)15(10)11)23-14-8-4-7-13(20)16(14)21/h3-9H,1-2H3,(H,22,23). The summed E-state index contributed by atoms with van der Waals surface area (Å²) in [5.74, 6) is -1.95. The first-order valence-electron chi connectivity index (χ1n) is 7.40. The number of pyridine rings is 1. The predicted molar refractivity (Wildman–Crippen MR) is 94.4 cm³/mol. The Kier molecular flexibility index (Phi) is 4.55. The van der Waals surface area contributed by atoms with E-state index in [1.165, 1.54) is 23.2 Å². The fraction of sp³-hybridized carbons (Fsp3) is 0.111. The number of hydrogen-bond donors (Lipinski definition) is 1. The summed E-state index contributed by atoms with van der Waals surface area (Å²) in [4.78, 5) is 18.0. The van der Waals surface area contributed by atoms with Crippen LogP contribution in [0.25, 0.3) is 10.8 Å². The number of rotatable bonds is 3. The molecule has 4 nitrogen and oxygen atoms in total. The molecular formula is C18H14ClF2N3O. The van der Waals surface area contributed by atoms with E-state index in [1.807, 2.05) is 0 Å². The van der Waals surface area contributed by atoms with Crippen LogP contribution in [0.1, 0.15) is 10.4 Å². The molecule has 0 unspecified atom stereocenters. The van der Waals surface area contributed by atoms with Crippen molar-refractivity contribution in [2.24, 2.45) is 0 Å². The summed E-state index contributed by atoms with van der Waals surface area (Å²) in [6.07, 6.45) is 1.37. The zero-order chi connectivity index (χ0) is 18.1. The van der Waals surface area contributed by atoms with Crippen LogP contribution in [0, 0.1) is 11.6 Å². The summed E-state index contributed by atoms with van der Waals surface area (Å²) in [5, 5.41) is 4.17. The number of anilines is 2. The van der Waals surface area contributed by atoms with Crippen LogP contribution in [0.2, 0.25) is 5.02 Å². The highest BCUT2D eigenvalue weighted by Gasteiger charge is 2.18. The van der Waals surface area contributed by atoms with Gasteiger partial charge in [0.05, 0.1) is 11.3 Å². The minimum atomic E-state index is -1.01. The first-order chi connectivity index (χ1) is 11.9. The minimum Gasteiger partial charge on any atom is -0.345 e. The molecule has 0 atom stereocenters. The summed E-state index contributed by atoms with van der Waals surface area (Å²) in [6.45, 7) is 0. The second-order valence-corrected chi connectivity index (χ2v) is 6.02. The smallest absolute Gasteiger partial charge is 0.255 e. The Morgan fingerprint density at radius 2 is 1.88 bits per heavy atom. The predicted octanol–water partition coefficient (Wildman–Crippen LogP) is 4.61. The summed E-state index contributed by atoms with van der Waals surface area (Å²) in [6, 6.07) is 8.88. The molecule has 1 amide bonds. The van der Waals surface area contributed by atoms with E-state index in [-0.39, 0.29) is 17.4 Å². The first kappa shape index (κ1) is 17.1. The number of benzene rings is 2. The van der Waals surface area contributed by atoms with Crippen LogP contribution in [0.15, 0.2) is 42.6 Å². The maximum atomic E-state index is 13.9. The zero-order valence-corrected chi connectivity index (χ0v) is 14.2. The number of amides is 1. The van der Waals surface area contributed by atoms with Crippen molar-refractivity contribution in [1.82, 2.24) is 9.88 Å². The number of nitrogens with one attached hydrogen (secondary N) is 1. The van der Waals surface area contributed by atoms with Crippen LogP contribution in [0.3, 0.4) is 0 Å². The normalized spacial score (nSPS) is 10.8. The lowest BCUT2D eigenvalue weighted by Crippen LogP contribution is -2.22. The van der Waals surface area contributed by atoms with Gasteiger partial charge in [-0.2, -0.15) is 0 Å². The van der Waals surface area contributed by atoms with Crippen LogP contribution < -0.4 is 5.32 Å². The summed E-state index contributed by atoms with van der Waals surface area (Å²) >= 11 is 6.28. The molecule has 0 fully saturated rings. The average molecular weight is 362 g/mol. The van der Waals surface area contributed by atoms with Gasteiger partial charge in [-0.3, -0.25) is 4.79 Å². The molecule has 0 spiro atoms. The molecule has 128 valence electrons. The zero-order valence-electron chi connectivity index (χ0n) is 13.5. The van der Waals surface area contributed by atoms with Gasteiger partial charge < -0.3 is 10.2 Å². The molecule has 0 saturated carbocycles. The van der Waals surface area contributed by atoms with Gasteiger partial charge in [0.15, 0.2) is 11.6 Å². The molecule has 3 aromatic rings. The van der Waals surface area contributed by atoms with E-state index in [0.717, 1.165) is 6.07 Å². The van der Waals surface area contributed by atoms with Gasteiger partial charge in [0.1, 0.15) is 5.82 Å². The molecule has 1 aromatic heterocycles. The Morgan fingerprint density at radius 1 is 1.16 bits per heavy atom. The average Bonchev–Trinajstić information content (AvgIpc) is 2.59. The van der Waals surface area contributed by atoms with Gasteiger partial charge in [-0.15, -0.1) is 0 Å². The summed E-state index contributed by atoms with van der Waals surface area (Å²) in [7, 11) is 3.25. The molecule has 7 heteroatoms. The van der Waals surface area contributed by atoms with Crippen molar-refractivity contribution < 1.29 is 13.6 Å². The maximum Gasteiger partial charge on any atom is 0.255 e. The monoisotopic (exact) mass is 361 g/mol. The van der Waals surface area contributed by atoms with Crippen LogP contribution >= 0.6 is 11.6 Å². The lowest BCUT2D eigenvalue weighted by Gasteiger charge is -2.16. The van der Waals surface area contributed by atoms with Gasteiger partial charge in [-0.1, -0.05) is 29.8 Å². The summed E-state index contributed by atoms with van der Waals surface area (Å²) < 4.78 is 27.3.